The molecule has 1 aliphatic rings. The van der Waals surface area contributed by atoms with Crippen molar-refractivity contribution in [1.29, 1.82) is 0 Å². The van der Waals surface area contributed by atoms with E-state index in [9.17, 15) is 0 Å². The smallest absolute Gasteiger partial charge is 0.00787 e. The molecule has 0 bridgehead atoms. The molecule has 0 aliphatic heterocycles. The maximum Gasteiger partial charge on any atom is 0.00787 e. The van der Waals surface area contributed by atoms with Crippen LogP contribution in [-0.2, 0) is 0 Å². The predicted molar refractivity (Wildman–Crippen MR) is 76.4 cm³/mol. The zero-order valence-electron chi connectivity index (χ0n) is 12.3. The van der Waals surface area contributed by atoms with Gasteiger partial charge < -0.3 is 10.2 Å². The number of hydrogen-bond donors (Lipinski definition) is 1. The second-order valence-electron chi connectivity index (χ2n) is 6.03. The molecule has 0 aromatic heterocycles. The lowest BCUT2D eigenvalue weighted by Crippen LogP contribution is -2.38. The summed E-state index contributed by atoms with van der Waals surface area (Å²) in [6.45, 7) is 9.38. The van der Waals surface area contributed by atoms with E-state index in [0.717, 1.165) is 12.5 Å². The molecule has 17 heavy (non-hydrogen) atoms. The van der Waals surface area contributed by atoms with Crippen molar-refractivity contribution in [3.05, 3.63) is 0 Å². The standard InChI is InChI=1S/C15H32N2/c1-5-10-16-13(2)11-14(3)17(4)12-15-8-6-7-9-15/h13-16H,5-12H2,1-4H3. The predicted octanol–water partition coefficient (Wildman–Crippen LogP) is 3.28. The van der Waals surface area contributed by atoms with Gasteiger partial charge in [-0.15, -0.1) is 0 Å². The Morgan fingerprint density at radius 1 is 1.24 bits per heavy atom. The molecule has 1 fully saturated rings. The van der Waals surface area contributed by atoms with Crippen LogP contribution in [0.1, 0.15) is 59.3 Å². The molecule has 2 nitrogen and oxygen atoms in total. The third-order valence-electron chi connectivity index (χ3n) is 4.21. The van der Waals surface area contributed by atoms with Crippen molar-refractivity contribution in [2.75, 3.05) is 20.1 Å². The van der Waals surface area contributed by atoms with Gasteiger partial charge in [-0.05, 0) is 59.0 Å². The quantitative estimate of drug-likeness (QED) is 0.700. The molecule has 0 amide bonds. The first-order valence-corrected chi connectivity index (χ1v) is 7.57. The summed E-state index contributed by atoms with van der Waals surface area (Å²) in [4.78, 5) is 2.57. The van der Waals surface area contributed by atoms with Crippen molar-refractivity contribution in [2.24, 2.45) is 5.92 Å². The molecule has 102 valence electrons. The van der Waals surface area contributed by atoms with Gasteiger partial charge in [0.2, 0.25) is 0 Å². The zero-order valence-corrected chi connectivity index (χ0v) is 12.3. The molecule has 0 saturated heterocycles. The monoisotopic (exact) mass is 240 g/mol. The van der Waals surface area contributed by atoms with E-state index < -0.39 is 0 Å². The summed E-state index contributed by atoms with van der Waals surface area (Å²) in [5, 5.41) is 3.59. The van der Waals surface area contributed by atoms with Crippen LogP contribution in [0.25, 0.3) is 0 Å². The summed E-state index contributed by atoms with van der Waals surface area (Å²) in [6.07, 6.45) is 8.34. The summed E-state index contributed by atoms with van der Waals surface area (Å²) in [5.74, 6) is 0.973. The summed E-state index contributed by atoms with van der Waals surface area (Å²) in [5.41, 5.74) is 0. The van der Waals surface area contributed by atoms with Crippen molar-refractivity contribution in [1.82, 2.24) is 10.2 Å². The lowest BCUT2D eigenvalue weighted by atomic mass is 10.0. The van der Waals surface area contributed by atoms with Gasteiger partial charge in [0.05, 0.1) is 0 Å². The highest BCUT2D eigenvalue weighted by molar-refractivity contribution is 4.75. The van der Waals surface area contributed by atoms with E-state index in [0.29, 0.717) is 12.1 Å². The average molecular weight is 240 g/mol. The van der Waals surface area contributed by atoms with Gasteiger partial charge in [0.25, 0.3) is 0 Å². The molecule has 1 N–H and O–H groups in total. The summed E-state index contributed by atoms with van der Waals surface area (Å²) >= 11 is 0. The highest BCUT2D eigenvalue weighted by atomic mass is 15.1. The van der Waals surface area contributed by atoms with Crippen molar-refractivity contribution >= 4 is 0 Å². The average Bonchev–Trinajstić information content (AvgIpc) is 2.78. The van der Waals surface area contributed by atoms with Crippen LogP contribution in [0.4, 0.5) is 0 Å². The van der Waals surface area contributed by atoms with Crippen molar-refractivity contribution in [2.45, 2.75) is 71.4 Å². The van der Waals surface area contributed by atoms with E-state index in [2.05, 4.69) is 38.0 Å². The topological polar surface area (TPSA) is 15.3 Å². The Balaban J connectivity index is 2.18. The fourth-order valence-corrected chi connectivity index (χ4v) is 2.95. The first-order valence-electron chi connectivity index (χ1n) is 7.57. The Morgan fingerprint density at radius 3 is 2.47 bits per heavy atom. The lowest BCUT2D eigenvalue weighted by molar-refractivity contribution is 0.199. The zero-order chi connectivity index (χ0) is 12.7. The maximum absolute atomic E-state index is 3.59. The summed E-state index contributed by atoms with van der Waals surface area (Å²) in [6, 6.07) is 1.35. The van der Waals surface area contributed by atoms with Crippen LogP contribution in [0.5, 0.6) is 0 Å². The van der Waals surface area contributed by atoms with E-state index >= 15 is 0 Å². The van der Waals surface area contributed by atoms with Gasteiger partial charge in [0, 0.05) is 18.6 Å². The van der Waals surface area contributed by atoms with E-state index in [1.165, 1.54) is 45.1 Å². The minimum atomic E-state index is 0.649. The van der Waals surface area contributed by atoms with Gasteiger partial charge in [-0.1, -0.05) is 19.8 Å². The van der Waals surface area contributed by atoms with E-state index in [1.54, 1.807) is 0 Å². The minimum absolute atomic E-state index is 0.649. The Labute approximate surface area is 108 Å². The molecule has 1 aliphatic carbocycles. The molecule has 1 rings (SSSR count). The summed E-state index contributed by atoms with van der Waals surface area (Å²) < 4.78 is 0. The largest absolute Gasteiger partial charge is 0.314 e. The first kappa shape index (κ1) is 15.0. The first-order chi connectivity index (χ1) is 8.13. The van der Waals surface area contributed by atoms with Crippen LogP contribution in [0.2, 0.25) is 0 Å². The molecule has 0 aromatic rings. The van der Waals surface area contributed by atoms with Crippen LogP contribution in [0, 0.1) is 5.92 Å². The Morgan fingerprint density at radius 2 is 1.88 bits per heavy atom. The van der Waals surface area contributed by atoms with Crippen molar-refractivity contribution in [3.63, 3.8) is 0 Å². The lowest BCUT2D eigenvalue weighted by Gasteiger charge is -2.29. The van der Waals surface area contributed by atoms with Crippen molar-refractivity contribution in [3.8, 4) is 0 Å². The third-order valence-corrected chi connectivity index (χ3v) is 4.21. The molecule has 0 aromatic carbocycles. The molecule has 2 atom stereocenters. The normalized spacial score (nSPS) is 21.0. The molecule has 0 heterocycles. The number of nitrogens with one attached hydrogen (secondary N) is 1. The Bertz CT molecular complexity index is 187. The Kier molecular flexibility index (Phi) is 7.14. The van der Waals surface area contributed by atoms with Gasteiger partial charge >= 0.3 is 0 Å². The number of nitrogens with zero attached hydrogens (tertiary/aromatic N) is 1. The molecule has 0 spiro atoms. The molecular formula is C15H32N2. The Hall–Kier alpha value is -0.0800. The van der Waals surface area contributed by atoms with Crippen LogP contribution >= 0.6 is 0 Å². The molecule has 0 radical (unpaired) electrons. The summed E-state index contributed by atoms with van der Waals surface area (Å²) in [7, 11) is 2.30. The van der Waals surface area contributed by atoms with E-state index in [4.69, 9.17) is 0 Å². The van der Waals surface area contributed by atoms with Crippen LogP contribution in [-0.4, -0.2) is 37.1 Å². The third kappa shape index (κ3) is 5.87. The minimum Gasteiger partial charge on any atom is -0.314 e. The molecular weight excluding hydrogens is 208 g/mol. The SMILES string of the molecule is CCCNC(C)CC(C)N(C)CC1CCCC1. The van der Waals surface area contributed by atoms with Crippen LogP contribution in [0.15, 0.2) is 0 Å². The number of hydrogen-bond acceptors (Lipinski definition) is 2. The fourth-order valence-electron chi connectivity index (χ4n) is 2.95. The van der Waals surface area contributed by atoms with Gasteiger partial charge in [-0.25, -0.2) is 0 Å². The van der Waals surface area contributed by atoms with Gasteiger partial charge in [-0.3, -0.25) is 0 Å². The van der Waals surface area contributed by atoms with Gasteiger partial charge in [0.15, 0.2) is 0 Å². The van der Waals surface area contributed by atoms with Crippen LogP contribution in [0.3, 0.4) is 0 Å². The molecule has 2 heteroatoms. The van der Waals surface area contributed by atoms with E-state index in [1.807, 2.05) is 0 Å². The second-order valence-corrected chi connectivity index (χ2v) is 6.03. The second kappa shape index (κ2) is 8.10. The van der Waals surface area contributed by atoms with Gasteiger partial charge in [-0.2, -0.15) is 0 Å². The number of rotatable bonds is 8. The highest BCUT2D eigenvalue weighted by Gasteiger charge is 2.20. The van der Waals surface area contributed by atoms with Crippen molar-refractivity contribution < 1.29 is 0 Å². The highest BCUT2D eigenvalue weighted by Crippen LogP contribution is 2.25. The maximum atomic E-state index is 3.59. The van der Waals surface area contributed by atoms with E-state index in [-0.39, 0.29) is 0 Å². The molecule has 2 unspecified atom stereocenters. The molecule has 1 saturated carbocycles. The fraction of sp³-hybridized carbons (Fsp3) is 1.00. The van der Waals surface area contributed by atoms with Crippen LogP contribution < -0.4 is 5.32 Å². The van der Waals surface area contributed by atoms with Gasteiger partial charge in [0.1, 0.15) is 0 Å².